The molecule has 0 nitrogen and oxygen atoms in total. The van der Waals surface area contributed by atoms with Gasteiger partial charge in [-0.25, -0.2) is 0 Å². The molecule has 1 aromatic heterocycles. The van der Waals surface area contributed by atoms with Crippen LogP contribution in [0.3, 0.4) is 0 Å². The fourth-order valence-corrected chi connectivity index (χ4v) is 12.6. The Bertz CT molecular complexity index is 2310. The third-order valence-electron chi connectivity index (χ3n) is 10.9. The van der Waals surface area contributed by atoms with Gasteiger partial charge in [-0.2, -0.15) is 0 Å². The van der Waals surface area contributed by atoms with E-state index in [0.29, 0.717) is 0 Å². The maximum Gasteiger partial charge on any atom is 0.0820 e. The highest BCUT2D eigenvalue weighted by Crippen LogP contribution is 2.73. The van der Waals surface area contributed by atoms with E-state index in [0.717, 1.165) is 17.9 Å². The van der Waals surface area contributed by atoms with Gasteiger partial charge in [0, 0.05) is 38.8 Å². The Labute approximate surface area is 310 Å². The van der Waals surface area contributed by atoms with Gasteiger partial charge in [0.15, 0.2) is 0 Å². The van der Waals surface area contributed by atoms with Crippen LogP contribution in [0.25, 0.3) is 44.5 Å². The molecule has 0 radical (unpaired) electrons. The van der Waals surface area contributed by atoms with Crippen molar-refractivity contribution in [3.8, 4) is 44.5 Å². The van der Waals surface area contributed by atoms with Crippen molar-refractivity contribution in [1.82, 2.24) is 0 Å². The maximum atomic E-state index is 3.88. The normalized spacial score (nSPS) is 15.6. The van der Waals surface area contributed by atoms with Gasteiger partial charge in [-0.05, 0) is 115 Å². The Balaban J connectivity index is 1.36. The van der Waals surface area contributed by atoms with Crippen molar-refractivity contribution < 1.29 is 0 Å². The van der Waals surface area contributed by atoms with E-state index in [1.165, 1.54) is 87.6 Å². The number of fused-ring (bicyclic) bond motifs is 21. The second kappa shape index (κ2) is 9.34. The van der Waals surface area contributed by atoms with E-state index < -0.39 is 10.8 Å². The zero-order valence-electron chi connectivity index (χ0n) is 24.5. The Morgan fingerprint density at radius 3 is 1.00 bits per heavy atom. The SMILES string of the molecule is Brc1ccc2c(c1)C1(c3cc(Br)ccc3-2)c2ccccc2-c2c1sc1c2-c2ccccc2C12c1cc(Br)ccc1-c1ccc(Br)cc12. The first-order valence-electron chi connectivity index (χ1n) is 15.5. The summed E-state index contributed by atoms with van der Waals surface area (Å²) in [6.07, 6.45) is 0. The summed E-state index contributed by atoms with van der Waals surface area (Å²) in [5.41, 5.74) is 18.0. The standard InChI is InChI=1S/C42H20Br4S/c43-21-9-13-25-26-14-10-22(44)18-34(26)41(33(25)17-21)31-7-3-1-5-29(31)37-38-30-6-2-4-8-32(30)42(40(38)47-39(37)41)35-19-23(45)11-15-27(35)28-16-12-24(46)20-36(28)42/h1-20H. The molecule has 6 aromatic carbocycles. The molecule has 0 saturated heterocycles. The Kier molecular flexibility index (Phi) is 5.53. The number of benzene rings is 6. The first kappa shape index (κ1) is 27.8. The largest absolute Gasteiger partial charge is 0.141 e. The van der Waals surface area contributed by atoms with Crippen molar-refractivity contribution in [2.75, 3.05) is 0 Å². The fraction of sp³-hybridized carbons (Fsp3) is 0.0476. The van der Waals surface area contributed by atoms with Gasteiger partial charge in [0.25, 0.3) is 0 Å². The minimum Gasteiger partial charge on any atom is -0.141 e. The molecule has 4 aliphatic carbocycles. The van der Waals surface area contributed by atoms with Crippen molar-refractivity contribution in [2.45, 2.75) is 10.8 Å². The molecule has 5 heteroatoms. The predicted octanol–water partition coefficient (Wildman–Crippen LogP) is 13.5. The molecule has 7 aromatic rings. The molecule has 0 aliphatic heterocycles. The number of thiophene rings is 1. The summed E-state index contributed by atoms with van der Waals surface area (Å²) < 4.78 is 4.42. The van der Waals surface area contributed by atoms with Gasteiger partial charge < -0.3 is 0 Å². The molecule has 222 valence electrons. The van der Waals surface area contributed by atoms with Crippen molar-refractivity contribution in [1.29, 1.82) is 0 Å². The molecule has 2 spiro atoms. The molecule has 4 aliphatic rings. The molecule has 0 unspecified atom stereocenters. The van der Waals surface area contributed by atoms with Gasteiger partial charge in [-0.3, -0.25) is 0 Å². The lowest BCUT2D eigenvalue weighted by Gasteiger charge is -2.32. The van der Waals surface area contributed by atoms with E-state index >= 15 is 0 Å². The van der Waals surface area contributed by atoms with Crippen LogP contribution in [-0.4, -0.2) is 0 Å². The zero-order valence-corrected chi connectivity index (χ0v) is 31.6. The summed E-state index contributed by atoms with van der Waals surface area (Å²) in [4.78, 5) is 2.85. The van der Waals surface area contributed by atoms with E-state index in [2.05, 4.69) is 185 Å². The van der Waals surface area contributed by atoms with Gasteiger partial charge >= 0.3 is 0 Å². The molecule has 1 heterocycles. The van der Waals surface area contributed by atoms with Crippen molar-refractivity contribution in [2.24, 2.45) is 0 Å². The van der Waals surface area contributed by atoms with Crippen molar-refractivity contribution >= 4 is 75.1 Å². The van der Waals surface area contributed by atoms with Crippen LogP contribution in [0.5, 0.6) is 0 Å². The lowest BCUT2D eigenvalue weighted by atomic mass is 9.74. The second-order valence-corrected chi connectivity index (χ2v) is 17.5. The molecular weight excluding hydrogens is 856 g/mol. The minimum absolute atomic E-state index is 0.423. The minimum atomic E-state index is -0.423. The molecule has 0 saturated carbocycles. The van der Waals surface area contributed by atoms with Crippen LogP contribution in [-0.2, 0) is 10.8 Å². The molecule has 0 N–H and O–H groups in total. The average molecular weight is 876 g/mol. The second-order valence-electron chi connectivity index (χ2n) is 12.9. The summed E-state index contributed by atoms with van der Waals surface area (Å²) in [5, 5.41) is 0. The van der Waals surface area contributed by atoms with E-state index in [9.17, 15) is 0 Å². The zero-order chi connectivity index (χ0) is 31.4. The first-order valence-corrected chi connectivity index (χ1v) is 19.5. The summed E-state index contributed by atoms with van der Waals surface area (Å²) in [6, 6.07) is 45.8. The highest BCUT2D eigenvalue weighted by atomic mass is 79.9. The summed E-state index contributed by atoms with van der Waals surface area (Å²) in [6.45, 7) is 0. The van der Waals surface area contributed by atoms with E-state index in [4.69, 9.17) is 0 Å². The first-order chi connectivity index (χ1) is 22.9. The van der Waals surface area contributed by atoms with Gasteiger partial charge in [-0.1, -0.05) is 137 Å². The van der Waals surface area contributed by atoms with Gasteiger partial charge in [-0.15, -0.1) is 11.3 Å². The van der Waals surface area contributed by atoms with Crippen LogP contribution in [0.1, 0.15) is 43.1 Å². The van der Waals surface area contributed by atoms with Gasteiger partial charge in [0.2, 0.25) is 0 Å². The Hall–Kier alpha value is -3.06. The lowest BCUT2D eigenvalue weighted by Crippen LogP contribution is -2.27. The van der Waals surface area contributed by atoms with Gasteiger partial charge in [0.05, 0.1) is 10.8 Å². The molecule has 47 heavy (non-hydrogen) atoms. The van der Waals surface area contributed by atoms with E-state index in [-0.39, 0.29) is 0 Å². The molecular formula is C42H20Br4S. The summed E-state index contributed by atoms with van der Waals surface area (Å²) in [5.74, 6) is 0. The Morgan fingerprint density at radius 2 is 0.660 bits per heavy atom. The van der Waals surface area contributed by atoms with Crippen LogP contribution >= 0.6 is 75.1 Å². The number of rotatable bonds is 0. The Morgan fingerprint density at radius 1 is 0.340 bits per heavy atom. The summed E-state index contributed by atoms with van der Waals surface area (Å²) >= 11 is 17.6. The van der Waals surface area contributed by atoms with Crippen LogP contribution < -0.4 is 0 Å². The third-order valence-corrected chi connectivity index (χ3v) is 14.3. The topological polar surface area (TPSA) is 0 Å². The van der Waals surface area contributed by atoms with Gasteiger partial charge in [0.1, 0.15) is 0 Å². The maximum absolute atomic E-state index is 3.88. The van der Waals surface area contributed by atoms with Crippen LogP contribution in [0, 0.1) is 0 Å². The van der Waals surface area contributed by atoms with E-state index in [1.807, 2.05) is 11.3 Å². The third kappa shape index (κ3) is 3.16. The average Bonchev–Trinajstić information content (AvgIpc) is 3.81. The number of hydrogen-bond acceptors (Lipinski definition) is 1. The van der Waals surface area contributed by atoms with Crippen LogP contribution in [0.4, 0.5) is 0 Å². The predicted molar refractivity (Wildman–Crippen MR) is 208 cm³/mol. The molecule has 0 atom stereocenters. The monoisotopic (exact) mass is 872 g/mol. The van der Waals surface area contributed by atoms with Crippen LogP contribution in [0.15, 0.2) is 139 Å². The van der Waals surface area contributed by atoms with Crippen molar-refractivity contribution in [3.05, 3.63) is 182 Å². The highest BCUT2D eigenvalue weighted by Gasteiger charge is 2.59. The number of halogens is 4. The fourth-order valence-electron chi connectivity index (χ4n) is 9.38. The lowest BCUT2D eigenvalue weighted by molar-refractivity contribution is 0.803. The number of hydrogen-bond donors (Lipinski definition) is 0. The molecule has 0 fully saturated rings. The highest BCUT2D eigenvalue weighted by molar-refractivity contribution is 9.11. The van der Waals surface area contributed by atoms with Crippen molar-refractivity contribution in [3.63, 3.8) is 0 Å². The molecule has 11 rings (SSSR count). The molecule has 0 bridgehead atoms. The smallest absolute Gasteiger partial charge is 0.0820 e. The molecule has 0 amide bonds. The quantitative estimate of drug-likeness (QED) is 0.142. The summed E-state index contributed by atoms with van der Waals surface area (Å²) in [7, 11) is 0. The van der Waals surface area contributed by atoms with Crippen LogP contribution in [0.2, 0.25) is 0 Å². The van der Waals surface area contributed by atoms with E-state index in [1.54, 1.807) is 0 Å².